The molecule has 10 heteroatoms. The standard InChI is InChI=1S/C19H24N4O6/c1-3-4-9-28-19(26)23-16(18(25)27-2)12-21-17(24)13-29-22-11-15-7-5-14(10-20)6-8-15/h5-8,11,16H,3-4,9,12-13H2,1-2H3,(H,21,24)(H,23,26)/t16-/m0/s1. The van der Waals surface area contributed by atoms with Gasteiger partial charge in [0.2, 0.25) is 0 Å². The topological polar surface area (TPSA) is 139 Å². The van der Waals surface area contributed by atoms with E-state index in [1.807, 2.05) is 13.0 Å². The summed E-state index contributed by atoms with van der Waals surface area (Å²) >= 11 is 0. The molecular formula is C19H24N4O6. The van der Waals surface area contributed by atoms with Gasteiger partial charge in [-0.3, -0.25) is 4.79 Å². The number of carbonyl (C=O) groups is 3. The van der Waals surface area contributed by atoms with Crippen molar-refractivity contribution >= 4 is 24.2 Å². The number of nitrogens with zero attached hydrogens (tertiary/aromatic N) is 2. The number of nitriles is 1. The molecule has 1 rings (SSSR count). The van der Waals surface area contributed by atoms with Gasteiger partial charge in [-0.2, -0.15) is 5.26 Å². The smallest absolute Gasteiger partial charge is 0.407 e. The van der Waals surface area contributed by atoms with Crippen LogP contribution in [0.15, 0.2) is 29.4 Å². The number of nitrogens with one attached hydrogen (secondary N) is 2. The summed E-state index contributed by atoms with van der Waals surface area (Å²) in [5.74, 6) is -1.27. The minimum Gasteiger partial charge on any atom is -0.467 e. The van der Waals surface area contributed by atoms with Gasteiger partial charge in [0.15, 0.2) is 6.61 Å². The van der Waals surface area contributed by atoms with Gasteiger partial charge in [0, 0.05) is 6.54 Å². The molecule has 0 radical (unpaired) electrons. The number of benzene rings is 1. The lowest BCUT2D eigenvalue weighted by molar-refractivity contribution is -0.143. The van der Waals surface area contributed by atoms with Crippen LogP contribution in [0.2, 0.25) is 0 Å². The first-order valence-electron chi connectivity index (χ1n) is 8.93. The minimum absolute atomic E-state index is 0.197. The maximum absolute atomic E-state index is 11.8. The molecule has 156 valence electrons. The monoisotopic (exact) mass is 404 g/mol. The van der Waals surface area contributed by atoms with Gasteiger partial charge in [0.25, 0.3) is 5.91 Å². The van der Waals surface area contributed by atoms with Crippen LogP contribution in [0.4, 0.5) is 4.79 Å². The van der Waals surface area contributed by atoms with Gasteiger partial charge in [-0.05, 0) is 24.1 Å². The Balaban J connectivity index is 2.39. The number of hydrogen-bond donors (Lipinski definition) is 2. The first-order valence-corrected chi connectivity index (χ1v) is 8.93. The molecule has 29 heavy (non-hydrogen) atoms. The van der Waals surface area contributed by atoms with Crippen molar-refractivity contribution in [3.8, 4) is 6.07 Å². The Labute approximate surface area is 168 Å². The fraction of sp³-hybridized carbons (Fsp3) is 0.421. The van der Waals surface area contributed by atoms with Gasteiger partial charge in [0.05, 0.1) is 31.6 Å². The van der Waals surface area contributed by atoms with E-state index in [0.29, 0.717) is 17.5 Å². The molecule has 0 aliphatic rings. The van der Waals surface area contributed by atoms with E-state index in [-0.39, 0.29) is 19.8 Å². The van der Waals surface area contributed by atoms with Crippen molar-refractivity contribution < 1.29 is 28.7 Å². The summed E-state index contributed by atoms with van der Waals surface area (Å²) in [4.78, 5) is 40.1. The number of oxime groups is 1. The molecule has 0 saturated heterocycles. The maximum Gasteiger partial charge on any atom is 0.407 e. The summed E-state index contributed by atoms with van der Waals surface area (Å²) in [7, 11) is 1.17. The Morgan fingerprint density at radius 2 is 2.00 bits per heavy atom. The second-order valence-electron chi connectivity index (χ2n) is 5.76. The van der Waals surface area contributed by atoms with Crippen LogP contribution in [0.5, 0.6) is 0 Å². The van der Waals surface area contributed by atoms with Gasteiger partial charge >= 0.3 is 12.1 Å². The summed E-state index contributed by atoms with van der Waals surface area (Å²) < 4.78 is 9.52. The van der Waals surface area contributed by atoms with Crippen molar-refractivity contribution in [1.82, 2.24) is 10.6 Å². The van der Waals surface area contributed by atoms with Crippen LogP contribution in [0.3, 0.4) is 0 Å². The van der Waals surface area contributed by atoms with Gasteiger partial charge < -0.3 is 24.9 Å². The molecule has 1 aromatic carbocycles. The normalized spacial score (nSPS) is 11.2. The average Bonchev–Trinajstić information content (AvgIpc) is 2.74. The molecule has 1 atom stereocenters. The highest BCUT2D eigenvalue weighted by Gasteiger charge is 2.23. The van der Waals surface area contributed by atoms with Crippen molar-refractivity contribution in [1.29, 1.82) is 5.26 Å². The van der Waals surface area contributed by atoms with Gasteiger partial charge in [-0.1, -0.05) is 30.6 Å². The zero-order valence-electron chi connectivity index (χ0n) is 16.3. The Hall–Kier alpha value is -3.61. The van der Waals surface area contributed by atoms with Crippen LogP contribution in [-0.2, 0) is 23.9 Å². The average molecular weight is 404 g/mol. The van der Waals surface area contributed by atoms with Crippen molar-refractivity contribution in [2.24, 2.45) is 5.16 Å². The van der Waals surface area contributed by atoms with Crippen molar-refractivity contribution in [2.75, 3.05) is 26.9 Å². The number of hydrogen-bond acceptors (Lipinski definition) is 8. The Morgan fingerprint density at radius 3 is 2.62 bits per heavy atom. The van der Waals surface area contributed by atoms with E-state index >= 15 is 0 Å². The van der Waals surface area contributed by atoms with E-state index in [1.165, 1.54) is 13.3 Å². The Kier molecular flexibility index (Phi) is 10.9. The first-order chi connectivity index (χ1) is 14.0. The highest BCUT2D eigenvalue weighted by atomic mass is 16.6. The first kappa shape index (κ1) is 23.4. The SMILES string of the molecule is CCCCOC(=O)N[C@@H](CNC(=O)CON=Cc1ccc(C#N)cc1)C(=O)OC. The lowest BCUT2D eigenvalue weighted by Gasteiger charge is -2.16. The van der Waals surface area contributed by atoms with Crippen LogP contribution in [0.1, 0.15) is 30.9 Å². The molecule has 0 aliphatic carbocycles. The van der Waals surface area contributed by atoms with Crippen LogP contribution < -0.4 is 10.6 Å². The third-order valence-corrected chi connectivity index (χ3v) is 3.52. The van der Waals surface area contributed by atoms with Gasteiger partial charge in [-0.15, -0.1) is 0 Å². The second kappa shape index (κ2) is 13.5. The zero-order chi connectivity index (χ0) is 21.5. The van der Waals surface area contributed by atoms with Crippen LogP contribution >= 0.6 is 0 Å². The molecule has 0 spiro atoms. The van der Waals surface area contributed by atoms with Gasteiger partial charge in [-0.25, -0.2) is 9.59 Å². The predicted molar refractivity (Wildman–Crippen MR) is 103 cm³/mol. The Morgan fingerprint density at radius 1 is 1.28 bits per heavy atom. The molecule has 0 heterocycles. The quantitative estimate of drug-likeness (QED) is 0.244. The molecule has 0 bridgehead atoms. The van der Waals surface area contributed by atoms with E-state index in [1.54, 1.807) is 24.3 Å². The number of amides is 2. The molecular weight excluding hydrogens is 380 g/mol. The van der Waals surface area contributed by atoms with E-state index in [4.69, 9.17) is 14.8 Å². The molecule has 0 fully saturated rings. The number of methoxy groups -OCH3 is 1. The molecule has 0 aromatic heterocycles. The molecule has 0 saturated carbocycles. The molecule has 2 N–H and O–H groups in total. The lowest BCUT2D eigenvalue weighted by atomic mass is 10.2. The van der Waals surface area contributed by atoms with Crippen molar-refractivity contribution in [3.05, 3.63) is 35.4 Å². The summed E-state index contributed by atoms with van der Waals surface area (Å²) in [5.41, 5.74) is 1.21. The zero-order valence-corrected chi connectivity index (χ0v) is 16.3. The highest BCUT2D eigenvalue weighted by Crippen LogP contribution is 2.00. The minimum atomic E-state index is -1.10. The number of carbonyl (C=O) groups excluding carboxylic acids is 3. The predicted octanol–water partition coefficient (Wildman–Crippen LogP) is 1.09. The summed E-state index contributed by atoms with van der Waals surface area (Å²) in [6.45, 7) is 1.59. The lowest BCUT2D eigenvalue weighted by Crippen LogP contribution is -2.49. The van der Waals surface area contributed by atoms with E-state index in [0.717, 1.165) is 6.42 Å². The van der Waals surface area contributed by atoms with Crippen molar-refractivity contribution in [2.45, 2.75) is 25.8 Å². The summed E-state index contributed by atoms with van der Waals surface area (Å²) in [5, 5.41) is 17.2. The summed E-state index contributed by atoms with van der Waals surface area (Å²) in [6, 6.07) is 7.51. The molecule has 2 amide bonds. The number of unbranched alkanes of at least 4 members (excludes halogenated alkanes) is 1. The molecule has 10 nitrogen and oxygen atoms in total. The number of ether oxygens (including phenoxy) is 2. The van der Waals surface area contributed by atoms with Crippen molar-refractivity contribution in [3.63, 3.8) is 0 Å². The second-order valence-corrected chi connectivity index (χ2v) is 5.76. The maximum atomic E-state index is 11.8. The van der Waals surface area contributed by atoms with Crippen LogP contribution in [0, 0.1) is 11.3 Å². The van der Waals surface area contributed by atoms with E-state index in [2.05, 4.69) is 20.5 Å². The largest absolute Gasteiger partial charge is 0.467 e. The molecule has 0 aliphatic heterocycles. The molecule has 0 unspecified atom stereocenters. The number of rotatable bonds is 11. The Bertz CT molecular complexity index is 742. The summed E-state index contributed by atoms with van der Waals surface area (Å²) in [6.07, 6.45) is 2.18. The fourth-order valence-electron chi connectivity index (χ4n) is 1.93. The van der Waals surface area contributed by atoms with E-state index < -0.39 is 24.0 Å². The van der Waals surface area contributed by atoms with Crippen LogP contribution in [-0.4, -0.2) is 57.1 Å². The highest BCUT2D eigenvalue weighted by molar-refractivity contribution is 5.83. The number of alkyl carbamates (subject to hydrolysis) is 1. The fourth-order valence-corrected chi connectivity index (χ4v) is 1.93. The third-order valence-electron chi connectivity index (χ3n) is 3.52. The number of esters is 1. The third kappa shape index (κ3) is 9.76. The molecule has 1 aromatic rings. The van der Waals surface area contributed by atoms with E-state index in [9.17, 15) is 14.4 Å². The van der Waals surface area contributed by atoms with Gasteiger partial charge in [0.1, 0.15) is 6.04 Å². The van der Waals surface area contributed by atoms with Crippen LogP contribution in [0.25, 0.3) is 0 Å².